The Kier molecular flexibility index (Phi) is 3.50. The second kappa shape index (κ2) is 5.27. The van der Waals surface area contributed by atoms with Gasteiger partial charge in [-0.05, 0) is 50.7 Å². The van der Waals surface area contributed by atoms with E-state index in [0.717, 1.165) is 25.0 Å². The van der Waals surface area contributed by atoms with Crippen molar-refractivity contribution in [2.24, 2.45) is 5.92 Å². The molecule has 3 nitrogen and oxygen atoms in total. The van der Waals surface area contributed by atoms with Crippen LogP contribution in [0.1, 0.15) is 38.3 Å². The van der Waals surface area contributed by atoms with Crippen LogP contribution in [0.25, 0.3) is 0 Å². The molecule has 98 valence electrons. The minimum Gasteiger partial charge on any atom is -0.371 e. The molecule has 2 fully saturated rings. The Bertz CT molecular complexity index is 396. The predicted molar refractivity (Wildman–Crippen MR) is 74.7 cm³/mol. The maximum absolute atomic E-state index is 4.46. The molecular formula is C15H23N3. The zero-order chi connectivity index (χ0) is 12.4. The summed E-state index contributed by atoms with van der Waals surface area (Å²) in [7, 11) is 0. The van der Waals surface area contributed by atoms with E-state index in [1.807, 2.05) is 6.20 Å². The van der Waals surface area contributed by atoms with Crippen molar-refractivity contribution in [3.63, 3.8) is 0 Å². The first-order valence-corrected chi connectivity index (χ1v) is 7.28. The first-order valence-electron chi connectivity index (χ1n) is 7.28. The Balaban J connectivity index is 1.63. The van der Waals surface area contributed by atoms with E-state index < -0.39 is 0 Å². The number of nitrogens with one attached hydrogen (secondary N) is 1. The third-order valence-corrected chi connectivity index (χ3v) is 3.87. The van der Waals surface area contributed by atoms with E-state index in [-0.39, 0.29) is 0 Å². The Morgan fingerprint density at radius 2 is 2.17 bits per heavy atom. The van der Waals surface area contributed by atoms with Crippen molar-refractivity contribution in [1.29, 1.82) is 0 Å². The molecule has 0 atom stereocenters. The van der Waals surface area contributed by atoms with Gasteiger partial charge in [-0.1, -0.05) is 0 Å². The van der Waals surface area contributed by atoms with Crippen molar-refractivity contribution in [1.82, 2.24) is 10.3 Å². The van der Waals surface area contributed by atoms with Gasteiger partial charge in [-0.2, -0.15) is 0 Å². The molecule has 3 heteroatoms. The van der Waals surface area contributed by atoms with Crippen LogP contribution >= 0.6 is 0 Å². The van der Waals surface area contributed by atoms with Gasteiger partial charge in [-0.15, -0.1) is 0 Å². The summed E-state index contributed by atoms with van der Waals surface area (Å²) in [6.45, 7) is 5.47. The van der Waals surface area contributed by atoms with Crippen LogP contribution < -0.4 is 10.2 Å². The lowest BCUT2D eigenvalue weighted by Gasteiger charge is -2.23. The third-order valence-electron chi connectivity index (χ3n) is 3.87. The minimum atomic E-state index is 0.754. The molecule has 1 N–H and O–H groups in total. The highest BCUT2D eigenvalue weighted by Crippen LogP contribution is 2.31. The largest absolute Gasteiger partial charge is 0.371 e. The molecule has 0 unspecified atom stereocenters. The second-order valence-corrected chi connectivity index (χ2v) is 5.64. The molecule has 0 amide bonds. The molecule has 2 aliphatic carbocycles. The first-order chi connectivity index (χ1) is 8.85. The number of hydrogen-bond donors (Lipinski definition) is 1. The van der Waals surface area contributed by atoms with E-state index in [2.05, 4.69) is 34.3 Å². The molecule has 0 spiro atoms. The fourth-order valence-corrected chi connectivity index (χ4v) is 2.32. The topological polar surface area (TPSA) is 28.2 Å². The summed E-state index contributed by atoms with van der Waals surface area (Å²) in [6, 6.07) is 5.15. The van der Waals surface area contributed by atoms with Crippen LogP contribution in [-0.2, 0) is 6.54 Å². The lowest BCUT2D eigenvalue weighted by molar-refractivity contribution is 0.673. The fraction of sp³-hybridized carbons (Fsp3) is 0.667. The van der Waals surface area contributed by atoms with E-state index in [4.69, 9.17) is 0 Å². The molecule has 1 heterocycles. The number of pyridine rings is 1. The zero-order valence-electron chi connectivity index (χ0n) is 11.2. The fourth-order valence-electron chi connectivity index (χ4n) is 2.32. The molecule has 2 aliphatic rings. The maximum Gasteiger partial charge on any atom is 0.0562 e. The van der Waals surface area contributed by atoms with Gasteiger partial charge in [0.05, 0.1) is 5.69 Å². The number of aromatic nitrogens is 1. The first kappa shape index (κ1) is 12.0. The Morgan fingerprint density at radius 3 is 2.83 bits per heavy atom. The average molecular weight is 245 g/mol. The molecule has 0 aliphatic heterocycles. The quantitative estimate of drug-likeness (QED) is 0.800. The van der Waals surface area contributed by atoms with Crippen LogP contribution in [0.2, 0.25) is 0 Å². The average Bonchev–Trinajstić information content (AvgIpc) is 3.28. The number of nitrogens with zero attached hydrogens (tertiary/aromatic N) is 2. The molecule has 0 radical (unpaired) electrons. The molecule has 2 saturated carbocycles. The van der Waals surface area contributed by atoms with Crippen molar-refractivity contribution in [3.05, 3.63) is 24.0 Å². The molecule has 0 bridgehead atoms. The van der Waals surface area contributed by atoms with E-state index >= 15 is 0 Å². The molecule has 18 heavy (non-hydrogen) atoms. The van der Waals surface area contributed by atoms with Crippen LogP contribution in [-0.4, -0.2) is 24.1 Å². The number of rotatable bonds is 7. The van der Waals surface area contributed by atoms with Gasteiger partial charge in [-0.3, -0.25) is 4.98 Å². The van der Waals surface area contributed by atoms with Crippen LogP contribution in [0.5, 0.6) is 0 Å². The Labute approximate surface area is 110 Å². The normalized spacial score (nSPS) is 18.9. The minimum absolute atomic E-state index is 0.754. The van der Waals surface area contributed by atoms with Gasteiger partial charge < -0.3 is 10.2 Å². The Morgan fingerprint density at radius 1 is 1.33 bits per heavy atom. The van der Waals surface area contributed by atoms with Crippen molar-refractivity contribution in [2.45, 2.75) is 45.2 Å². The summed E-state index contributed by atoms with van der Waals surface area (Å²) in [5.41, 5.74) is 2.51. The molecule has 0 aromatic carbocycles. The summed E-state index contributed by atoms with van der Waals surface area (Å²) in [5, 5.41) is 3.53. The summed E-state index contributed by atoms with van der Waals surface area (Å²) in [4.78, 5) is 6.95. The van der Waals surface area contributed by atoms with Crippen LogP contribution in [0.4, 0.5) is 5.69 Å². The lowest BCUT2D eigenvalue weighted by Crippen LogP contribution is -2.25. The van der Waals surface area contributed by atoms with Gasteiger partial charge in [0.25, 0.3) is 0 Å². The monoisotopic (exact) mass is 245 g/mol. The van der Waals surface area contributed by atoms with Crippen molar-refractivity contribution < 1.29 is 0 Å². The molecule has 0 saturated heterocycles. The summed E-state index contributed by atoms with van der Waals surface area (Å²) in [6.07, 6.45) is 7.45. The van der Waals surface area contributed by atoms with Gasteiger partial charge in [0.2, 0.25) is 0 Å². The summed E-state index contributed by atoms with van der Waals surface area (Å²) >= 11 is 0. The summed E-state index contributed by atoms with van der Waals surface area (Å²) in [5.74, 6) is 0.936. The van der Waals surface area contributed by atoms with Crippen LogP contribution in [0.15, 0.2) is 18.3 Å². The van der Waals surface area contributed by atoms with Gasteiger partial charge in [0.15, 0.2) is 0 Å². The van der Waals surface area contributed by atoms with Gasteiger partial charge in [0.1, 0.15) is 0 Å². The van der Waals surface area contributed by atoms with Crippen molar-refractivity contribution in [3.8, 4) is 0 Å². The van der Waals surface area contributed by atoms with Crippen LogP contribution in [0, 0.1) is 5.92 Å². The number of hydrogen-bond acceptors (Lipinski definition) is 3. The lowest BCUT2D eigenvalue weighted by atomic mass is 10.2. The molecule has 3 rings (SSSR count). The molecular weight excluding hydrogens is 222 g/mol. The standard InChI is InChI=1S/C15H23N3/c1-2-18(11-12-3-4-12)15-7-8-16-14(9-15)10-17-13-5-6-13/h7-9,12-13,17H,2-6,10-11H2,1H3. The predicted octanol–water partition coefficient (Wildman–Crippen LogP) is 2.57. The van der Waals surface area contributed by atoms with E-state index in [1.165, 1.54) is 43.6 Å². The van der Waals surface area contributed by atoms with E-state index in [1.54, 1.807) is 0 Å². The van der Waals surface area contributed by atoms with Crippen molar-refractivity contribution in [2.75, 3.05) is 18.0 Å². The Hall–Kier alpha value is -1.09. The highest BCUT2D eigenvalue weighted by atomic mass is 15.1. The zero-order valence-corrected chi connectivity index (χ0v) is 11.2. The van der Waals surface area contributed by atoms with E-state index in [9.17, 15) is 0 Å². The van der Waals surface area contributed by atoms with Crippen molar-refractivity contribution >= 4 is 5.69 Å². The highest BCUT2D eigenvalue weighted by Gasteiger charge is 2.24. The SMILES string of the molecule is CCN(CC1CC1)c1ccnc(CNC2CC2)c1. The van der Waals surface area contributed by atoms with Gasteiger partial charge in [-0.25, -0.2) is 0 Å². The number of anilines is 1. The summed E-state index contributed by atoms with van der Waals surface area (Å²) < 4.78 is 0. The van der Waals surface area contributed by atoms with E-state index in [0.29, 0.717) is 0 Å². The second-order valence-electron chi connectivity index (χ2n) is 5.64. The molecule has 1 aromatic heterocycles. The van der Waals surface area contributed by atoms with Gasteiger partial charge in [0, 0.05) is 37.6 Å². The highest BCUT2D eigenvalue weighted by molar-refractivity contribution is 5.46. The third kappa shape index (κ3) is 3.22. The van der Waals surface area contributed by atoms with Gasteiger partial charge >= 0.3 is 0 Å². The maximum atomic E-state index is 4.46. The molecule has 1 aromatic rings. The smallest absolute Gasteiger partial charge is 0.0562 e. The van der Waals surface area contributed by atoms with Crippen LogP contribution in [0.3, 0.4) is 0 Å².